The Morgan fingerprint density at radius 1 is 1.23 bits per heavy atom. The van der Waals surface area contributed by atoms with E-state index in [-0.39, 0.29) is 28.6 Å². The summed E-state index contributed by atoms with van der Waals surface area (Å²) >= 11 is 1.22. The molecule has 0 saturated carbocycles. The second kappa shape index (κ2) is 9.83. The maximum absolute atomic E-state index is 14.1. The van der Waals surface area contributed by atoms with Crippen LogP contribution < -0.4 is 20.2 Å². The lowest BCUT2D eigenvalue weighted by Crippen LogP contribution is -2.39. The average molecular weight is 497 g/mol. The lowest BCUT2D eigenvalue weighted by atomic mass is 9.97. The summed E-state index contributed by atoms with van der Waals surface area (Å²) in [4.78, 5) is 30.7. The highest BCUT2D eigenvalue weighted by Crippen LogP contribution is 2.31. The van der Waals surface area contributed by atoms with E-state index in [1.165, 1.54) is 17.4 Å². The highest BCUT2D eigenvalue weighted by Gasteiger charge is 2.35. The van der Waals surface area contributed by atoms with Crippen molar-refractivity contribution < 1.29 is 13.9 Å². The van der Waals surface area contributed by atoms with Gasteiger partial charge in [-0.25, -0.2) is 4.39 Å². The van der Waals surface area contributed by atoms with Crippen molar-refractivity contribution in [3.63, 3.8) is 0 Å². The minimum atomic E-state index is -0.227. The molecule has 2 aromatic carbocycles. The topological polar surface area (TPSA) is 86.5 Å². The molecule has 0 spiro atoms. The van der Waals surface area contributed by atoms with Crippen LogP contribution in [0, 0.1) is 12.7 Å². The van der Waals surface area contributed by atoms with Gasteiger partial charge in [0.25, 0.3) is 5.91 Å². The van der Waals surface area contributed by atoms with Crippen LogP contribution in [0.4, 0.5) is 10.1 Å². The summed E-state index contributed by atoms with van der Waals surface area (Å²) in [6.07, 6.45) is 1.79. The largest absolute Gasteiger partial charge is 0.489 e. The minimum absolute atomic E-state index is 0.0647. The number of likely N-dealkylation sites (N-methyl/N-ethyl adjacent to an activating group) is 1. The number of thiazole rings is 1. The molecular formula is C26H29FN4O3S. The Morgan fingerprint density at radius 3 is 2.77 bits per heavy atom. The third-order valence-electron chi connectivity index (χ3n) is 6.79. The number of hydrogen-bond donors (Lipinski definition) is 3. The number of carbonyl (C=O) groups excluding carboxylic acids is 1. The number of aryl methyl sites for hydroxylation is 1. The number of halogens is 1. The first-order valence-corrected chi connectivity index (χ1v) is 12.7. The second-order valence-electron chi connectivity index (χ2n) is 9.31. The minimum Gasteiger partial charge on any atom is -0.489 e. The molecular weight excluding hydrogens is 467 g/mol. The number of anilines is 1. The number of carbonyl (C=O) groups is 1. The number of nitrogens with one attached hydrogen (secondary N) is 3. The molecule has 3 aromatic rings. The highest BCUT2D eigenvalue weighted by molar-refractivity contribution is 7.09. The fourth-order valence-corrected chi connectivity index (χ4v) is 6.05. The molecule has 2 aliphatic rings. The summed E-state index contributed by atoms with van der Waals surface area (Å²) in [6.45, 7) is 4.53. The number of likely N-dealkylation sites (tertiary alicyclic amines) is 1. The molecule has 3 N–H and O–H groups in total. The maximum Gasteiger partial charge on any atom is 0.304 e. The van der Waals surface area contributed by atoms with Crippen molar-refractivity contribution >= 4 is 22.9 Å². The van der Waals surface area contributed by atoms with Gasteiger partial charge in [-0.05, 0) is 68.3 Å². The van der Waals surface area contributed by atoms with E-state index < -0.39 is 0 Å². The predicted molar refractivity (Wildman–Crippen MR) is 135 cm³/mol. The van der Waals surface area contributed by atoms with Gasteiger partial charge in [-0.15, -0.1) is 0 Å². The first-order valence-electron chi connectivity index (χ1n) is 11.8. The van der Waals surface area contributed by atoms with Gasteiger partial charge in [0.2, 0.25) is 0 Å². The first-order chi connectivity index (χ1) is 16.9. The van der Waals surface area contributed by atoms with Gasteiger partial charge in [0.05, 0.1) is 11.7 Å². The number of aromatic nitrogens is 1. The Hall–Kier alpha value is -3.17. The Kier molecular flexibility index (Phi) is 6.62. The Balaban J connectivity index is 1.23. The van der Waals surface area contributed by atoms with Gasteiger partial charge < -0.3 is 25.3 Å². The SMILES string of the molecule is Cc1[nH]c(=O)sc1[C@H]1CN(C)C[C@H]1NC(=O)c1ccc(OCc2ccc(F)c3c2CCCN3)cc1. The van der Waals surface area contributed by atoms with Crippen molar-refractivity contribution in [1.29, 1.82) is 0 Å². The van der Waals surface area contributed by atoms with Gasteiger partial charge in [0.1, 0.15) is 18.2 Å². The maximum atomic E-state index is 14.1. The molecule has 0 bridgehead atoms. The smallest absolute Gasteiger partial charge is 0.304 e. The molecule has 1 fully saturated rings. The number of nitrogens with zero attached hydrogens (tertiary/aromatic N) is 1. The van der Waals surface area contributed by atoms with E-state index >= 15 is 0 Å². The second-order valence-corrected chi connectivity index (χ2v) is 10.3. The molecule has 35 heavy (non-hydrogen) atoms. The molecule has 0 radical (unpaired) electrons. The van der Waals surface area contributed by atoms with Crippen molar-refractivity contribution in [2.24, 2.45) is 0 Å². The van der Waals surface area contributed by atoms with E-state index in [0.717, 1.165) is 54.2 Å². The molecule has 184 valence electrons. The van der Waals surface area contributed by atoms with Crippen LogP contribution in [0.15, 0.2) is 41.2 Å². The molecule has 2 aliphatic heterocycles. The van der Waals surface area contributed by atoms with Gasteiger partial charge in [-0.2, -0.15) is 0 Å². The van der Waals surface area contributed by atoms with E-state index in [0.29, 0.717) is 23.6 Å². The Labute approximate surface area is 207 Å². The van der Waals surface area contributed by atoms with Crippen LogP contribution >= 0.6 is 11.3 Å². The van der Waals surface area contributed by atoms with Crippen LogP contribution in [-0.4, -0.2) is 48.5 Å². The Bertz CT molecular complexity index is 1290. The van der Waals surface area contributed by atoms with E-state index in [1.807, 2.05) is 14.0 Å². The van der Waals surface area contributed by atoms with Crippen LogP contribution in [0.1, 0.15) is 44.4 Å². The molecule has 0 unspecified atom stereocenters. The van der Waals surface area contributed by atoms with Gasteiger partial charge in [-0.3, -0.25) is 9.59 Å². The zero-order valence-corrected chi connectivity index (χ0v) is 20.6. The zero-order chi connectivity index (χ0) is 24.5. The number of aromatic amines is 1. The zero-order valence-electron chi connectivity index (χ0n) is 19.8. The molecule has 0 aliphatic carbocycles. The van der Waals surface area contributed by atoms with Crippen molar-refractivity contribution in [2.45, 2.75) is 38.3 Å². The monoisotopic (exact) mass is 496 g/mol. The molecule has 2 atom stereocenters. The standard InChI is InChI=1S/C26H29FN4O3S/c1-15-24(35-26(33)29-15)20-12-31(2)13-22(20)30-25(32)16-5-8-18(9-6-16)34-14-17-7-10-21(27)23-19(17)4-3-11-28-23/h5-10,20,22,28H,3-4,11-14H2,1-2H3,(H,29,33)(H,30,32)/t20-,22+/m0/s1. The highest BCUT2D eigenvalue weighted by atomic mass is 32.1. The third-order valence-corrected chi connectivity index (χ3v) is 7.91. The van der Waals surface area contributed by atoms with E-state index in [9.17, 15) is 14.0 Å². The predicted octanol–water partition coefficient (Wildman–Crippen LogP) is 3.65. The van der Waals surface area contributed by atoms with Gasteiger partial charge >= 0.3 is 4.87 Å². The van der Waals surface area contributed by atoms with Gasteiger partial charge in [-0.1, -0.05) is 17.4 Å². The van der Waals surface area contributed by atoms with E-state index in [4.69, 9.17) is 4.74 Å². The fraction of sp³-hybridized carbons (Fsp3) is 0.385. The van der Waals surface area contributed by atoms with Gasteiger partial charge in [0.15, 0.2) is 0 Å². The Morgan fingerprint density at radius 2 is 2.03 bits per heavy atom. The number of rotatable bonds is 6. The number of hydrogen-bond acceptors (Lipinski definition) is 6. The summed E-state index contributed by atoms with van der Waals surface area (Å²) in [6, 6.07) is 10.2. The summed E-state index contributed by atoms with van der Waals surface area (Å²) in [5, 5.41) is 6.30. The lowest BCUT2D eigenvalue weighted by Gasteiger charge is -2.22. The van der Waals surface area contributed by atoms with Crippen LogP contribution in [0.5, 0.6) is 5.75 Å². The van der Waals surface area contributed by atoms with Crippen molar-refractivity contribution in [2.75, 3.05) is 32.0 Å². The average Bonchev–Trinajstić information content (AvgIpc) is 3.38. The third kappa shape index (κ3) is 4.97. The van der Waals surface area contributed by atoms with Gasteiger partial charge in [0, 0.05) is 41.7 Å². The van der Waals surface area contributed by atoms with Crippen LogP contribution in [0.2, 0.25) is 0 Å². The normalized spacial score (nSPS) is 19.7. The quantitative estimate of drug-likeness (QED) is 0.485. The van der Waals surface area contributed by atoms with Crippen LogP contribution in [-0.2, 0) is 13.0 Å². The van der Waals surface area contributed by atoms with Crippen molar-refractivity contribution in [1.82, 2.24) is 15.2 Å². The summed E-state index contributed by atoms with van der Waals surface area (Å²) in [5.74, 6) is 0.345. The van der Waals surface area contributed by atoms with Crippen molar-refractivity contribution in [3.8, 4) is 5.75 Å². The molecule has 1 saturated heterocycles. The molecule has 7 nitrogen and oxygen atoms in total. The lowest BCUT2D eigenvalue weighted by molar-refractivity contribution is 0.0935. The number of H-pyrrole nitrogens is 1. The van der Waals surface area contributed by atoms with E-state index in [1.54, 1.807) is 30.3 Å². The molecule has 3 heterocycles. The van der Waals surface area contributed by atoms with Crippen molar-refractivity contribution in [3.05, 3.63) is 79.1 Å². The number of benzene rings is 2. The summed E-state index contributed by atoms with van der Waals surface area (Å²) in [7, 11) is 2.02. The number of fused-ring (bicyclic) bond motifs is 1. The molecule has 1 aromatic heterocycles. The summed E-state index contributed by atoms with van der Waals surface area (Å²) in [5.41, 5.74) is 3.95. The number of amides is 1. The van der Waals surface area contributed by atoms with Crippen LogP contribution in [0.25, 0.3) is 0 Å². The molecule has 5 rings (SSSR count). The molecule has 1 amide bonds. The fourth-order valence-electron chi connectivity index (χ4n) is 5.05. The summed E-state index contributed by atoms with van der Waals surface area (Å²) < 4.78 is 20.0. The first kappa shape index (κ1) is 23.6. The number of ether oxygens (including phenoxy) is 1. The van der Waals surface area contributed by atoms with Crippen LogP contribution in [0.3, 0.4) is 0 Å². The molecule has 9 heteroatoms. The van der Waals surface area contributed by atoms with E-state index in [2.05, 4.69) is 20.5 Å².